The summed E-state index contributed by atoms with van der Waals surface area (Å²) in [5.74, 6) is 0. The molecule has 17 heavy (non-hydrogen) atoms. The SMILES string of the molecule is CC(O)CO.CCC=O.CCOC(C)OCC. The second-order valence-corrected chi connectivity index (χ2v) is 3.08. The van der Waals surface area contributed by atoms with E-state index >= 15 is 0 Å². The molecule has 106 valence electrons. The number of aldehydes is 1. The summed E-state index contributed by atoms with van der Waals surface area (Å²) in [6.45, 7) is 10.5. The standard InChI is InChI=1S/C6H14O2.C3H8O2.C3H6O/c1-4-7-6(3)8-5-2;1-3(5)2-4;1-2-3-4/h6H,4-5H2,1-3H3;3-5H,2H2,1H3;3H,2H2,1H3. The van der Waals surface area contributed by atoms with Crippen LogP contribution in [0.1, 0.15) is 41.0 Å². The van der Waals surface area contributed by atoms with Crippen molar-refractivity contribution in [2.45, 2.75) is 53.4 Å². The molecular formula is C12H28O5. The summed E-state index contributed by atoms with van der Waals surface area (Å²) in [6.07, 6.45) is 0.917. The highest BCUT2D eigenvalue weighted by Crippen LogP contribution is 1.90. The number of aliphatic hydroxyl groups excluding tert-OH is 2. The van der Waals surface area contributed by atoms with Gasteiger partial charge < -0.3 is 24.5 Å². The van der Waals surface area contributed by atoms with Crippen LogP contribution in [-0.2, 0) is 14.3 Å². The summed E-state index contributed by atoms with van der Waals surface area (Å²) in [6, 6.07) is 0. The zero-order valence-electron chi connectivity index (χ0n) is 11.7. The highest BCUT2D eigenvalue weighted by molar-refractivity contribution is 5.48. The molecule has 0 spiro atoms. The van der Waals surface area contributed by atoms with Gasteiger partial charge in [-0.2, -0.15) is 0 Å². The van der Waals surface area contributed by atoms with Gasteiger partial charge in [0.15, 0.2) is 6.29 Å². The van der Waals surface area contributed by atoms with Crippen molar-refractivity contribution in [2.24, 2.45) is 0 Å². The minimum Gasteiger partial charge on any atom is -0.394 e. The van der Waals surface area contributed by atoms with E-state index in [1.54, 1.807) is 0 Å². The van der Waals surface area contributed by atoms with Crippen LogP contribution in [0.4, 0.5) is 0 Å². The highest BCUT2D eigenvalue weighted by atomic mass is 16.7. The Kier molecular flexibility index (Phi) is 26.7. The van der Waals surface area contributed by atoms with Crippen LogP contribution < -0.4 is 0 Å². The van der Waals surface area contributed by atoms with Gasteiger partial charge >= 0.3 is 0 Å². The predicted molar refractivity (Wildman–Crippen MR) is 67.8 cm³/mol. The maximum absolute atomic E-state index is 9.17. The third-order valence-electron chi connectivity index (χ3n) is 1.23. The first kappa shape index (κ1) is 21.8. The Morgan fingerprint density at radius 2 is 1.41 bits per heavy atom. The second-order valence-electron chi connectivity index (χ2n) is 3.08. The van der Waals surface area contributed by atoms with E-state index in [0.29, 0.717) is 6.42 Å². The molecule has 1 unspecified atom stereocenters. The molecule has 5 nitrogen and oxygen atoms in total. The normalized spacial score (nSPS) is 10.8. The number of carbonyl (C=O) groups excluding carboxylic acids is 1. The van der Waals surface area contributed by atoms with Gasteiger partial charge in [-0.15, -0.1) is 0 Å². The van der Waals surface area contributed by atoms with E-state index in [1.165, 1.54) is 6.92 Å². The largest absolute Gasteiger partial charge is 0.394 e. The molecule has 0 radical (unpaired) electrons. The van der Waals surface area contributed by atoms with Gasteiger partial charge in [0.1, 0.15) is 6.29 Å². The average Bonchev–Trinajstić information content (AvgIpc) is 2.31. The lowest BCUT2D eigenvalue weighted by atomic mass is 10.5. The molecule has 0 aromatic rings. The van der Waals surface area contributed by atoms with Crippen molar-refractivity contribution in [3.8, 4) is 0 Å². The molecule has 0 bridgehead atoms. The van der Waals surface area contributed by atoms with Crippen molar-refractivity contribution < 1.29 is 24.5 Å². The van der Waals surface area contributed by atoms with Crippen LogP contribution in [0.25, 0.3) is 0 Å². The molecule has 0 amide bonds. The first-order chi connectivity index (χ1) is 7.99. The van der Waals surface area contributed by atoms with Crippen LogP contribution in [0.5, 0.6) is 0 Å². The van der Waals surface area contributed by atoms with Gasteiger partial charge in [0.2, 0.25) is 0 Å². The number of hydrogen-bond donors (Lipinski definition) is 2. The van der Waals surface area contributed by atoms with E-state index in [9.17, 15) is 4.79 Å². The lowest BCUT2D eigenvalue weighted by molar-refractivity contribution is -0.123. The molecule has 0 fully saturated rings. The number of carbonyl (C=O) groups is 1. The number of aliphatic hydroxyl groups is 2. The molecule has 0 rings (SSSR count). The summed E-state index contributed by atoms with van der Waals surface area (Å²) in [4.78, 5) is 9.17. The van der Waals surface area contributed by atoms with Crippen LogP contribution in [0.15, 0.2) is 0 Å². The van der Waals surface area contributed by atoms with Crippen LogP contribution in [0, 0.1) is 0 Å². The fraction of sp³-hybridized carbons (Fsp3) is 0.917. The van der Waals surface area contributed by atoms with Gasteiger partial charge in [-0.1, -0.05) is 6.92 Å². The molecule has 0 saturated carbocycles. The molecule has 0 aliphatic rings. The van der Waals surface area contributed by atoms with E-state index in [0.717, 1.165) is 19.5 Å². The molecule has 0 aliphatic heterocycles. The van der Waals surface area contributed by atoms with E-state index in [4.69, 9.17) is 19.7 Å². The summed E-state index contributed by atoms with van der Waals surface area (Å²) < 4.78 is 10.1. The zero-order chi connectivity index (χ0) is 14.1. The summed E-state index contributed by atoms with van der Waals surface area (Å²) >= 11 is 0. The van der Waals surface area contributed by atoms with Gasteiger partial charge in [0.25, 0.3) is 0 Å². The Hall–Kier alpha value is -0.490. The molecular weight excluding hydrogens is 224 g/mol. The maximum Gasteiger partial charge on any atom is 0.154 e. The molecule has 0 saturated heterocycles. The van der Waals surface area contributed by atoms with Gasteiger partial charge in [-0.05, 0) is 27.7 Å². The Labute approximate surface area is 105 Å². The Morgan fingerprint density at radius 3 is 1.53 bits per heavy atom. The van der Waals surface area contributed by atoms with E-state index in [-0.39, 0.29) is 12.9 Å². The third-order valence-corrected chi connectivity index (χ3v) is 1.23. The molecule has 0 aliphatic carbocycles. The van der Waals surface area contributed by atoms with Crippen LogP contribution >= 0.6 is 0 Å². The van der Waals surface area contributed by atoms with Gasteiger partial charge in [0, 0.05) is 19.6 Å². The minimum absolute atomic E-state index is 0.0370. The molecule has 2 N–H and O–H groups in total. The highest BCUT2D eigenvalue weighted by Gasteiger charge is 1.94. The summed E-state index contributed by atoms with van der Waals surface area (Å²) in [5.41, 5.74) is 0. The lowest BCUT2D eigenvalue weighted by Gasteiger charge is -2.09. The Bertz CT molecular complexity index is 122. The maximum atomic E-state index is 9.17. The third kappa shape index (κ3) is 39.1. The second kappa shape index (κ2) is 20.9. The van der Waals surface area contributed by atoms with E-state index in [2.05, 4.69) is 0 Å². The van der Waals surface area contributed by atoms with Crippen molar-refractivity contribution in [1.82, 2.24) is 0 Å². The van der Waals surface area contributed by atoms with Crippen molar-refractivity contribution in [3.05, 3.63) is 0 Å². The average molecular weight is 252 g/mol. The minimum atomic E-state index is -0.560. The van der Waals surface area contributed by atoms with Gasteiger partial charge in [-0.25, -0.2) is 0 Å². The molecule has 0 aromatic carbocycles. The Morgan fingerprint density at radius 1 is 1.12 bits per heavy atom. The monoisotopic (exact) mass is 252 g/mol. The summed E-state index contributed by atoms with van der Waals surface area (Å²) in [7, 11) is 0. The number of ether oxygens (including phenoxy) is 2. The topological polar surface area (TPSA) is 76.0 Å². The Balaban J connectivity index is -0.000000188. The number of hydrogen-bond acceptors (Lipinski definition) is 5. The van der Waals surface area contributed by atoms with E-state index < -0.39 is 6.10 Å². The fourth-order valence-corrected chi connectivity index (χ4v) is 0.518. The smallest absolute Gasteiger partial charge is 0.154 e. The molecule has 5 heteroatoms. The molecule has 1 atom stereocenters. The van der Waals surface area contributed by atoms with Crippen LogP contribution in [0.3, 0.4) is 0 Å². The zero-order valence-corrected chi connectivity index (χ0v) is 11.7. The van der Waals surface area contributed by atoms with Gasteiger partial charge in [0.05, 0.1) is 12.7 Å². The van der Waals surface area contributed by atoms with Crippen molar-refractivity contribution in [2.75, 3.05) is 19.8 Å². The molecule has 0 aromatic heterocycles. The van der Waals surface area contributed by atoms with Gasteiger partial charge in [-0.3, -0.25) is 0 Å². The lowest BCUT2D eigenvalue weighted by Crippen LogP contribution is -2.11. The predicted octanol–water partition coefficient (Wildman–Crippen LogP) is 1.36. The van der Waals surface area contributed by atoms with Crippen LogP contribution in [-0.4, -0.2) is 48.7 Å². The van der Waals surface area contributed by atoms with Crippen molar-refractivity contribution in [1.29, 1.82) is 0 Å². The number of rotatable bonds is 6. The first-order valence-corrected chi connectivity index (χ1v) is 5.95. The first-order valence-electron chi connectivity index (χ1n) is 5.95. The van der Waals surface area contributed by atoms with Crippen molar-refractivity contribution in [3.63, 3.8) is 0 Å². The summed E-state index contributed by atoms with van der Waals surface area (Å²) in [5, 5.41) is 16.0. The molecule has 0 heterocycles. The van der Waals surface area contributed by atoms with Crippen molar-refractivity contribution >= 4 is 6.29 Å². The van der Waals surface area contributed by atoms with E-state index in [1.807, 2.05) is 27.7 Å². The fourth-order valence-electron chi connectivity index (χ4n) is 0.518. The van der Waals surface area contributed by atoms with Crippen LogP contribution in [0.2, 0.25) is 0 Å². The quantitative estimate of drug-likeness (QED) is 0.551.